The van der Waals surface area contributed by atoms with Gasteiger partial charge in [0.2, 0.25) is 0 Å². The molecule has 0 bridgehead atoms. The molecule has 0 radical (unpaired) electrons. The Morgan fingerprint density at radius 3 is 2.62 bits per heavy atom. The minimum absolute atomic E-state index is 0.0145. The molecule has 2 heterocycles. The number of hydrogen-bond acceptors (Lipinski definition) is 4. The van der Waals surface area contributed by atoms with Crippen molar-refractivity contribution >= 4 is 5.97 Å². The summed E-state index contributed by atoms with van der Waals surface area (Å²) < 4.78 is 17.4. The number of carbonyl (C=O) groups is 1. The van der Waals surface area contributed by atoms with Crippen molar-refractivity contribution in [1.29, 1.82) is 0 Å². The second-order valence-electron chi connectivity index (χ2n) is 8.76. The van der Waals surface area contributed by atoms with Gasteiger partial charge in [0.05, 0.1) is 23.2 Å². The third kappa shape index (κ3) is 2.31. The zero-order chi connectivity index (χ0) is 15.0. The topological polar surface area (TPSA) is 51.4 Å². The van der Waals surface area contributed by atoms with Crippen LogP contribution in [0.4, 0.5) is 0 Å². The summed E-state index contributed by atoms with van der Waals surface area (Å²) in [5, 5.41) is 0. The van der Waals surface area contributed by atoms with Crippen molar-refractivity contribution < 1.29 is 19.0 Å². The van der Waals surface area contributed by atoms with Gasteiger partial charge in [-0.2, -0.15) is 0 Å². The molecule has 4 aliphatic rings. The van der Waals surface area contributed by atoms with Gasteiger partial charge in [-0.1, -0.05) is 13.8 Å². The van der Waals surface area contributed by atoms with E-state index in [9.17, 15) is 4.79 Å². The van der Waals surface area contributed by atoms with E-state index in [1.807, 2.05) is 0 Å². The molecule has 0 N–H and O–H groups in total. The monoisotopic (exact) mass is 294 g/mol. The normalized spacial score (nSPS) is 53.3. The first-order valence-electron chi connectivity index (χ1n) is 8.27. The first kappa shape index (κ1) is 14.0. The molecule has 4 heteroatoms. The SMILES string of the molecule is CC1(C)CC(OC(=O)C2CCC3(C)O[C@@H]3C2)C2OC2(C)C1. The molecule has 2 aliphatic carbocycles. The third-order valence-corrected chi connectivity index (χ3v) is 5.99. The first-order valence-corrected chi connectivity index (χ1v) is 8.27. The van der Waals surface area contributed by atoms with Crippen molar-refractivity contribution in [3.63, 3.8) is 0 Å². The van der Waals surface area contributed by atoms with Crippen LogP contribution in [0.15, 0.2) is 0 Å². The smallest absolute Gasteiger partial charge is 0.309 e. The molecule has 4 fully saturated rings. The van der Waals surface area contributed by atoms with Crippen molar-refractivity contribution in [3.8, 4) is 0 Å². The van der Waals surface area contributed by atoms with Gasteiger partial charge in [-0.15, -0.1) is 0 Å². The standard InChI is InChI=1S/C17H26O4/c1-15(2)8-11(13-17(4,9-15)21-13)19-14(18)10-5-6-16(3)12(7-10)20-16/h10-13H,5-9H2,1-4H3/t10?,11?,12-,13?,16?,17?/m1/s1. The molecule has 118 valence electrons. The Bertz CT molecular complexity index is 484. The van der Waals surface area contributed by atoms with Crippen molar-refractivity contribution in [3.05, 3.63) is 0 Å². The van der Waals surface area contributed by atoms with E-state index in [-0.39, 0.29) is 46.8 Å². The van der Waals surface area contributed by atoms with Crippen LogP contribution in [0.2, 0.25) is 0 Å². The van der Waals surface area contributed by atoms with Crippen LogP contribution in [0.5, 0.6) is 0 Å². The van der Waals surface area contributed by atoms with E-state index >= 15 is 0 Å². The molecule has 0 aromatic carbocycles. The summed E-state index contributed by atoms with van der Waals surface area (Å²) >= 11 is 0. The molecule has 0 amide bonds. The molecule has 2 saturated heterocycles. The molecule has 5 unspecified atom stereocenters. The predicted molar refractivity (Wildman–Crippen MR) is 76.8 cm³/mol. The van der Waals surface area contributed by atoms with Gasteiger partial charge >= 0.3 is 5.97 Å². The van der Waals surface area contributed by atoms with Gasteiger partial charge in [-0.25, -0.2) is 0 Å². The Morgan fingerprint density at radius 2 is 1.90 bits per heavy atom. The van der Waals surface area contributed by atoms with Gasteiger partial charge < -0.3 is 14.2 Å². The van der Waals surface area contributed by atoms with Crippen LogP contribution in [-0.2, 0) is 19.0 Å². The number of epoxide rings is 2. The molecule has 6 atom stereocenters. The Kier molecular flexibility index (Phi) is 2.68. The molecule has 4 rings (SSSR count). The number of carbonyl (C=O) groups excluding carboxylic acids is 1. The van der Waals surface area contributed by atoms with Gasteiger partial charge in [0.15, 0.2) is 0 Å². The lowest BCUT2D eigenvalue weighted by molar-refractivity contribution is -0.158. The average Bonchev–Trinajstić information content (AvgIpc) is 3.20. The van der Waals surface area contributed by atoms with Gasteiger partial charge in [0, 0.05) is 0 Å². The molecule has 4 nitrogen and oxygen atoms in total. The number of rotatable bonds is 2. The second-order valence-corrected chi connectivity index (χ2v) is 8.76. The van der Waals surface area contributed by atoms with Gasteiger partial charge in [-0.05, 0) is 51.4 Å². The van der Waals surface area contributed by atoms with E-state index in [0.717, 1.165) is 32.1 Å². The quantitative estimate of drug-likeness (QED) is 0.580. The largest absolute Gasteiger partial charge is 0.459 e. The van der Waals surface area contributed by atoms with Crippen LogP contribution in [0.25, 0.3) is 0 Å². The Balaban J connectivity index is 1.39. The highest BCUT2D eigenvalue weighted by Gasteiger charge is 2.64. The summed E-state index contributed by atoms with van der Waals surface area (Å²) in [6.45, 7) is 8.76. The third-order valence-electron chi connectivity index (χ3n) is 5.99. The lowest BCUT2D eigenvalue weighted by atomic mass is 9.71. The second kappa shape index (κ2) is 4.02. The van der Waals surface area contributed by atoms with Crippen molar-refractivity contribution in [2.75, 3.05) is 0 Å². The zero-order valence-corrected chi connectivity index (χ0v) is 13.5. The summed E-state index contributed by atoms with van der Waals surface area (Å²) in [6.07, 6.45) is 4.97. The molecule has 2 aliphatic heterocycles. The number of esters is 1. The fraction of sp³-hybridized carbons (Fsp3) is 0.941. The average molecular weight is 294 g/mol. The summed E-state index contributed by atoms with van der Waals surface area (Å²) in [7, 11) is 0. The Morgan fingerprint density at radius 1 is 1.14 bits per heavy atom. The van der Waals surface area contributed by atoms with Crippen LogP contribution in [0.1, 0.15) is 59.8 Å². The molecule has 0 aromatic rings. The summed E-state index contributed by atoms with van der Waals surface area (Å²) in [6, 6.07) is 0. The van der Waals surface area contributed by atoms with E-state index in [4.69, 9.17) is 14.2 Å². The maximum atomic E-state index is 12.5. The van der Waals surface area contributed by atoms with E-state index in [1.165, 1.54) is 0 Å². The molecule has 0 spiro atoms. The predicted octanol–water partition coefficient (Wildman–Crippen LogP) is 2.83. The van der Waals surface area contributed by atoms with Gasteiger partial charge in [0.1, 0.15) is 12.2 Å². The Labute approximate surface area is 126 Å². The van der Waals surface area contributed by atoms with Crippen LogP contribution >= 0.6 is 0 Å². The van der Waals surface area contributed by atoms with Crippen LogP contribution in [0, 0.1) is 11.3 Å². The maximum Gasteiger partial charge on any atom is 0.309 e. The van der Waals surface area contributed by atoms with Gasteiger partial charge in [-0.3, -0.25) is 4.79 Å². The zero-order valence-electron chi connectivity index (χ0n) is 13.5. The highest BCUT2D eigenvalue weighted by atomic mass is 16.6. The fourth-order valence-electron chi connectivity index (χ4n) is 4.75. The van der Waals surface area contributed by atoms with Crippen molar-refractivity contribution in [2.24, 2.45) is 11.3 Å². The summed E-state index contributed by atoms with van der Waals surface area (Å²) in [5.74, 6) is -0.0197. The fourth-order valence-corrected chi connectivity index (χ4v) is 4.75. The summed E-state index contributed by atoms with van der Waals surface area (Å²) in [5.41, 5.74) is 0.163. The molecule has 0 aromatic heterocycles. The van der Waals surface area contributed by atoms with Crippen molar-refractivity contribution in [1.82, 2.24) is 0 Å². The number of ether oxygens (including phenoxy) is 3. The van der Waals surface area contributed by atoms with E-state index < -0.39 is 0 Å². The van der Waals surface area contributed by atoms with Gasteiger partial charge in [0.25, 0.3) is 0 Å². The summed E-state index contributed by atoms with van der Waals surface area (Å²) in [4.78, 5) is 12.5. The van der Waals surface area contributed by atoms with Crippen LogP contribution in [-0.4, -0.2) is 35.5 Å². The molecular formula is C17H26O4. The minimum atomic E-state index is -0.0720. The van der Waals surface area contributed by atoms with Crippen LogP contribution in [0.3, 0.4) is 0 Å². The Hall–Kier alpha value is -0.610. The van der Waals surface area contributed by atoms with Crippen LogP contribution < -0.4 is 0 Å². The van der Waals surface area contributed by atoms with Crippen molar-refractivity contribution in [2.45, 2.75) is 89.3 Å². The van der Waals surface area contributed by atoms with E-state index in [0.29, 0.717) is 0 Å². The molecule has 2 saturated carbocycles. The first-order chi connectivity index (χ1) is 9.71. The van der Waals surface area contributed by atoms with E-state index in [2.05, 4.69) is 27.7 Å². The molecule has 21 heavy (non-hydrogen) atoms. The minimum Gasteiger partial charge on any atom is -0.459 e. The highest BCUT2D eigenvalue weighted by molar-refractivity contribution is 5.73. The lowest BCUT2D eigenvalue weighted by Crippen LogP contribution is -2.41. The lowest BCUT2D eigenvalue weighted by Gasteiger charge is -2.35. The number of hydrogen-bond donors (Lipinski definition) is 0. The number of fused-ring (bicyclic) bond motifs is 2. The molecular weight excluding hydrogens is 268 g/mol. The maximum absolute atomic E-state index is 12.5. The van der Waals surface area contributed by atoms with E-state index in [1.54, 1.807) is 0 Å². The highest BCUT2D eigenvalue weighted by Crippen LogP contribution is 2.55.